The summed E-state index contributed by atoms with van der Waals surface area (Å²) in [6.07, 6.45) is 4.47. The number of carboxylic acids is 1. The van der Waals surface area contributed by atoms with Crippen molar-refractivity contribution in [3.63, 3.8) is 0 Å². The summed E-state index contributed by atoms with van der Waals surface area (Å²) in [7, 11) is 0. The van der Waals surface area contributed by atoms with Crippen molar-refractivity contribution in [2.45, 2.75) is 12.5 Å². The van der Waals surface area contributed by atoms with Crippen molar-refractivity contribution in [1.29, 1.82) is 0 Å². The van der Waals surface area contributed by atoms with Crippen LogP contribution >= 0.6 is 11.3 Å². The molecule has 0 saturated carbocycles. The SMILES string of the molecule is CC(O)(CNC(=O)c1cnc(-c2ncccn2)s1)C(=O)O. The third-order valence-corrected chi connectivity index (χ3v) is 3.53. The molecule has 0 aliphatic heterocycles. The lowest BCUT2D eigenvalue weighted by molar-refractivity contribution is -0.155. The number of carboxylic acid groups (broad SMARTS) is 1. The van der Waals surface area contributed by atoms with Crippen molar-refractivity contribution in [2.75, 3.05) is 6.54 Å². The van der Waals surface area contributed by atoms with Gasteiger partial charge in [-0.05, 0) is 13.0 Å². The van der Waals surface area contributed by atoms with Crippen molar-refractivity contribution in [3.05, 3.63) is 29.5 Å². The van der Waals surface area contributed by atoms with E-state index >= 15 is 0 Å². The molecule has 0 aliphatic rings. The van der Waals surface area contributed by atoms with Crippen molar-refractivity contribution in [2.24, 2.45) is 0 Å². The minimum Gasteiger partial charge on any atom is -0.479 e. The topological polar surface area (TPSA) is 125 Å². The lowest BCUT2D eigenvalue weighted by Gasteiger charge is -2.17. The average Bonchev–Trinajstić information content (AvgIpc) is 2.95. The second-order valence-electron chi connectivity index (χ2n) is 4.36. The molecule has 1 unspecified atom stereocenters. The van der Waals surface area contributed by atoms with Gasteiger partial charge in [0.05, 0.1) is 12.7 Å². The van der Waals surface area contributed by atoms with Crippen molar-refractivity contribution >= 4 is 23.2 Å². The number of nitrogens with zero attached hydrogens (tertiary/aromatic N) is 3. The molecule has 3 N–H and O–H groups in total. The van der Waals surface area contributed by atoms with Gasteiger partial charge in [-0.2, -0.15) is 0 Å². The Balaban J connectivity index is 2.05. The molecular formula is C12H12N4O4S. The van der Waals surface area contributed by atoms with Crippen LogP contribution in [0.5, 0.6) is 0 Å². The Morgan fingerprint density at radius 1 is 1.33 bits per heavy atom. The number of amides is 1. The van der Waals surface area contributed by atoms with E-state index < -0.39 is 24.0 Å². The molecule has 8 nitrogen and oxygen atoms in total. The highest BCUT2D eigenvalue weighted by atomic mass is 32.1. The van der Waals surface area contributed by atoms with Crippen LogP contribution in [0, 0.1) is 0 Å². The highest BCUT2D eigenvalue weighted by Crippen LogP contribution is 2.21. The zero-order valence-electron chi connectivity index (χ0n) is 11.0. The molecule has 2 rings (SSSR count). The lowest BCUT2D eigenvalue weighted by Crippen LogP contribution is -2.46. The molecule has 21 heavy (non-hydrogen) atoms. The molecule has 2 aromatic heterocycles. The van der Waals surface area contributed by atoms with Crippen molar-refractivity contribution in [1.82, 2.24) is 20.3 Å². The van der Waals surface area contributed by atoms with Crippen LogP contribution in [0.1, 0.15) is 16.6 Å². The number of hydrogen-bond acceptors (Lipinski definition) is 7. The first-order valence-corrected chi connectivity index (χ1v) is 6.69. The van der Waals surface area contributed by atoms with E-state index in [1.807, 2.05) is 0 Å². The Kier molecular flexibility index (Phi) is 4.24. The van der Waals surface area contributed by atoms with Gasteiger partial charge in [0.15, 0.2) is 16.4 Å². The zero-order valence-corrected chi connectivity index (χ0v) is 11.8. The third kappa shape index (κ3) is 3.58. The fraction of sp³-hybridized carbons (Fsp3) is 0.250. The van der Waals surface area contributed by atoms with Crippen LogP contribution in [-0.2, 0) is 4.79 Å². The van der Waals surface area contributed by atoms with Gasteiger partial charge in [0.1, 0.15) is 4.88 Å². The Hall–Kier alpha value is -2.39. The molecular weight excluding hydrogens is 296 g/mol. The average molecular weight is 308 g/mol. The lowest BCUT2D eigenvalue weighted by atomic mass is 10.1. The van der Waals surface area contributed by atoms with Gasteiger partial charge in [-0.15, -0.1) is 11.3 Å². The maximum atomic E-state index is 11.9. The van der Waals surface area contributed by atoms with E-state index in [0.717, 1.165) is 18.3 Å². The normalized spacial score (nSPS) is 13.4. The number of carbonyl (C=O) groups excluding carboxylic acids is 1. The molecule has 2 aromatic rings. The summed E-state index contributed by atoms with van der Waals surface area (Å²) in [6.45, 7) is 0.696. The molecule has 9 heteroatoms. The molecule has 0 bridgehead atoms. The van der Waals surface area contributed by atoms with Crippen molar-refractivity contribution in [3.8, 4) is 10.8 Å². The minimum atomic E-state index is -2.02. The van der Waals surface area contributed by atoms with E-state index in [1.165, 1.54) is 6.20 Å². The molecule has 0 fully saturated rings. The monoisotopic (exact) mass is 308 g/mol. The van der Waals surface area contributed by atoms with E-state index in [1.54, 1.807) is 18.5 Å². The van der Waals surface area contributed by atoms with Crippen LogP contribution in [0.4, 0.5) is 0 Å². The Morgan fingerprint density at radius 2 is 2.00 bits per heavy atom. The predicted molar refractivity (Wildman–Crippen MR) is 73.7 cm³/mol. The Bertz CT molecular complexity index is 656. The number of aromatic nitrogens is 3. The maximum absolute atomic E-state index is 11.9. The quantitative estimate of drug-likeness (QED) is 0.718. The summed E-state index contributed by atoms with van der Waals surface area (Å²) < 4.78 is 0. The molecule has 110 valence electrons. The van der Waals surface area contributed by atoms with Gasteiger partial charge in [0.25, 0.3) is 5.91 Å². The minimum absolute atomic E-state index is 0.277. The summed E-state index contributed by atoms with van der Waals surface area (Å²) in [5, 5.41) is 21.1. The first kappa shape index (κ1) is 15.0. The summed E-state index contributed by atoms with van der Waals surface area (Å²) >= 11 is 1.08. The van der Waals surface area contributed by atoms with E-state index in [0.29, 0.717) is 10.8 Å². The maximum Gasteiger partial charge on any atom is 0.337 e. The van der Waals surface area contributed by atoms with Gasteiger partial charge in [-0.3, -0.25) is 4.79 Å². The number of carbonyl (C=O) groups is 2. The standard InChI is InChI=1S/C12H12N4O4S/c1-12(20,11(18)19)6-16-9(17)7-5-15-10(21-7)8-13-3-2-4-14-8/h2-5,20H,6H2,1H3,(H,16,17)(H,18,19). The molecule has 1 atom stereocenters. The molecule has 0 radical (unpaired) electrons. The number of aliphatic hydroxyl groups is 1. The first-order chi connectivity index (χ1) is 9.90. The first-order valence-electron chi connectivity index (χ1n) is 5.87. The van der Waals surface area contributed by atoms with Crippen LogP contribution in [0.2, 0.25) is 0 Å². The number of nitrogens with one attached hydrogen (secondary N) is 1. The van der Waals surface area contributed by atoms with Crippen LogP contribution in [-0.4, -0.2) is 49.2 Å². The highest BCUT2D eigenvalue weighted by Gasteiger charge is 2.30. The molecule has 2 heterocycles. The largest absolute Gasteiger partial charge is 0.479 e. The number of hydrogen-bond donors (Lipinski definition) is 3. The van der Waals surface area contributed by atoms with Crippen LogP contribution in [0.3, 0.4) is 0 Å². The second-order valence-corrected chi connectivity index (χ2v) is 5.39. The highest BCUT2D eigenvalue weighted by molar-refractivity contribution is 7.16. The molecule has 0 aromatic carbocycles. The smallest absolute Gasteiger partial charge is 0.337 e. The second kappa shape index (κ2) is 5.94. The summed E-state index contributed by atoms with van der Waals surface area (Å²) in [6, 6.07) is 1.67. The fourth-order valence-electron chi connectivity index (χ4n) is 1.31. The zero-order chi connectivity index (χ0) is 15.5. The van der Waals surface area contributed by atoms with Crippen LogP contribution in [0.25, 0.3) is 10.8 Å². The van der Waals surface area contributed by atoms with E-state index in [4.69, 9.17) is 5.11 Å². The number of thiazole rings is 1. The van der Waals surface area contributed by atoms with E-state index in [-0.39, 0.29) is 4.88 Å². The van der Waals surface area contributed by atoms with E-state index in [9.17, 15) is 14.7 Å². The number of rotatable bonds is 5. The molecule has 1 amide bonds. The van der Waals surface area contributed by atoms with E-state index in [2.05, 4.69) is 20.3 Å². The fourth-order valence-corrected chi connectivity index (χ4v) is 2.09. The van der Waals surface area contributed by atoms with Gasteiger partial charge in [-0.25, -0.2) is 19.7 Å². The third-order valence-electron chi connectivity index (χ3n) is 2.54. The molecule has 0 aliphatic carbocycles. The van der Waals surface area contributed by atoms with Gasteiger partial charge in [-0.1, -0.05) is 0 Å². The van der Waals surface area contributed by atoms with Crippen LogP contribution in [0.15, 0.2) is 24.7 Å². The number of aliphatic carboxylic acids is 1. The summed E-state index contributed by atoms with van der Waals surface area (Å²) in [4.78, 5) is 35.0. The van der Waals surface area contributed by atoms with Gasteiger partial charge >= 0.3 is 5.97 Å². The predicted octanol–water partition coefficient (Wildman–Crippen LogP) is 0.165. The van der Waals surface area contributed by atoms with Gasteiger partial charge in [0, 0.05) is 12.4 Å². The Labute approximate surface area is 123 Å². The molecule has 0 saturated heterocycles. The van der Waals surface area contributed by atoms with Gasteiger partial charge in [0.2, 0.25) is 0 Å². The molecule has 0 spiro atoms. The summed E-state index contributed by atoms with van der Waals surface area (Å²) in [5.74, 6) is -1.53. The van der Waals surface area contributed by atoms with Crippen LogP contribution < -0.4 is 5.32 Å². The summed E-state index contributed by atoms with van der Waals surface area (Å²) in [5.41, 5.74) is -2.02. The Morgan fingerprint density at radius 3 is 2.62 bits per heavy atom. The van der Waals surface area contributed by atoms with Gasteiger partial charge < -0.3 is 15.5 Å². The van der Waals surface area contributed by atoms with Crippen molar-refractivity contribution < 1.29 is 19.8 Å².